The summed E-state index contributed by atoms with van der Waals surface area (Å²) < 4.78 is 36.6. The first-order valence-electron chi connectivity index (χ1n) is 16.7. The van der Waals surface area contributed by atoms with E-state index in [2.05, 4.69) is 30.3 Å². The topological polar surface area (TPSA) is 130 Å². The minimum Gasteiger partial charge on any atom is -0.480 e. The highest BCUT2D eigenvalue weighted by molar-refractivity contribution is 6.76. The third kappa shape index (κ3) is 11.5. The molecule has 13 heteroatoms. The molecule has 0 aliphatic heterocycles. The van der Waals surface area contributed by atoms with Crippen molar-refractivity contribution in [2.75, 3.05) is 13.2 Å². The molecule has 1 aromatic heterocycles. The number of carboxylic acids is 1. The highest BCUT2D eigenvalue weighted by atomic mass is 28.3. The van der Waals surface area contributed by atoms with Crippen molar-refractivity contribution >= 4 is 32.0 Å². The maximum atomic E-state index is 15.1. The lowest BCUT2D eigenvalue weighted by Crippen LogP contribution is -2.52. The van der Waals surface area contributed by atoms with E-state index < -0.39 is 61.2 Å². The summed E-state index contributed by atoms with van der Waals surface area (Å²) in [6, 6.07) is 12.2. The zero-order chi connectivity index (χ0) is 37.4. The molecular formula is C37H50F2N4O6Si. The molecule has 3 unspecified atom stereocenters. The normalized spacial score (nSPS) is 13.6. The first-order chi connectivity index (χ1) is 23.3. The van der Waals surface area contributed by atoms with Gasteiger partial charge in [0, 0.05) is 51.1 Å². The van der Waals surface area contributed by atoms with Gasteiger partial charge >= 0.3 is 12.1 Å². The number of halogens is 2. The van der Waals surface area contributed by atoms with Crippen LogP contribution in [0.5, 0.6) is 0 Å². The van der Waals surface area contributed by atoms with E-state index in [0.717, 1.165) is 23.8 Å². The summed E-state index contributed by atoms with van der Waals surface area (Å²) in [4.78, 5) is 52.7. The Hall–Kier alpha value is -4.52. The largest absolute Gasteiger partial charge is 0.480 e. The van der Waals surface area contributed by atoms with Gasteiger partial charge in [0.2, 0.25) is 11.8 Å². The number of hydrogen-bond acceptors (Lipinski definition) is 5. The maximum absolute atomic E-state index is 15.1. The second kappa shape index (κ2) is 16.9. The SMILES string of the molecule is CC(=O)N(CCC(NC(=O)OCC[Si](C)(C)C)C(=O)NC(C)C(=O)O)C(c1cc(-c2cc(F)ccc2F)cn1Cc1ccccc1)C(C)(C)C. The Kier molecular flexibility index (Phi) is 13.5. The Bertz CT molecular complexity index is 1650. The average Bonchev–Trinajstić information content (AvgIpc) is 3.40. The van der Waals surface area contributed by atoms with Crippen LogP contribution in [0.25, 0.3) is 11.1 Å². The summed E-state index contributed by atoms with van der Waals surface area (Å²) in [6.45, 7) is 15.5. The zero-order valence-electron chi connectivity index (χ0n) is 30.2. The Morgan fingerprint density at radius 2 is 1.66 bits per heavy atom. The lowest BCUT2D eigenvalue weighted by Gasteiger charge is -2.41. The number of amides is 3. The Morgan fingerprint density at radius 3 is 2.24 bits per heavy atom. The van der Waals surface area contributed by atoms with Gasteiger partial charge in [-0.25, -0.2) is 13.6 Å². The highest BCUT2D eigenvalue weighted by Gasteiger charge is 2.37. The molecule has 3 atom stereocenters. The molecule has 0 fully saturated rings. The molecule has 0 radical (unpaired) electrons. The Balaban J connectivity index is 2.04. The van der Waals surface area contributed by atoms with Crippen molar-refractivity contribution in [3.8, 4) is 11.1 Å². The lowest BCUT2D eigenvalue weighted by atomic mass is 9.82. The van der Waals surface area contributed by atoms with Crippen LogP contribution in [0, 0.1) is 17.0 Å². The molecule has 0 spiro atoms. The van der Waals surface area contributed by atoms with Crippen molar-refractivity contribution in [3.05, 3.63) is 83.7 Å². The summed E-state index contributed by atoms with van der Waals surface area (Å²) >= 11 is 0. The highest BCUT2D eigenvalue weighted by Crippen LogP contribution is 2.41. The predicted molar refractivity (Wildman–Crippen MR) is 191 cm³/mol. The lowest BCUT2D eigenvalue weighted by molar-refractivity contribution is -0.141. The van der Waals surface area contributed by atoms with Crippen molar-refractivity contribution in [3.63, 3.8) is 0 Å². The van der Waals surface area contributed by atoms with E-state index in [0.29, 0.717) is 23.8 Å². The third-order valence-electron chi connectivity index (χ3n) is 8.26. The van der Waals surface area contributed by atoms with E-state index in [1.54, 1.807) is 17.2 Å². The van der Waals surface area contributed by atoms with Crippen LogP contribution in [0.4, 0.5) is 13.6 Å². The standard InChI is InChI=1S/C37H50F2N4O6Si/c1-24(35(46)47)40-34(45)31(41-36(48)49-18-19-50(6,7)8)16-17-43(25(2)44)33(37(3,4)5)32-20-27(29-21-28(38)14-15-30(29)39)23-42(32)22-26-12-10-9-11-13-26/h9-15,20-21,23-24,31,33H,16-19,22H2,1-8H3,(H,40,45)(H,41,48)(H,46,47). The van der Waals surface area contributed by atoms with Gasteiger partial charge in [-0.2, -0.15) is 0 Å². The first-order valence-corrected chi connectivity index (χ1v) is 20.4. The third-order valence-corrected chi connectivity index (χ3v) is 9.97. The number of aromatic nitrogens is 1. The van der Waals surface area contributed by atoms with Gasteiger partial charge in [-0.05, 0) is 54.6 Å². The van der Waals surface area contributed by atoms with Gasteiger partial charge in [0.25, 0.3) is 0 Å². The number of benzene rings is 2. The minimum atomic E-state index is -1.52. The molecule has 0 aliphatic carbocycles. The average molecular weight is 713 g/mol. The number of ether oxygens (including phenoxy) is 1. The van der Waals surface area contributed by atoms with Crippen LogP contribution in [0.1, 0.15) is 58.3 Å². The van der Waals surface area contributed by atoms with Crippen LogP contribution in [0.3, 0.4) is 0 Å². The summed E-state index contributed by atoms with van der Waals surface area (Å²) in [5.74, 6) is -3.51. The van der Waals surface area contributed by atoms with Crippen LogP contribution < -0.4 is 10.6 Å². The van der Waals surface area contributed by atoms with Crippen molar-refractivity contribution in [2.24, 2.45) is 5.41 Å². The molecule has 50 heavy (non-hydrogen) atoms. The Morgan fingerprint density at radius 1 is 1.00 bits per heavy atom. The van der Waals surface area contributed by atoms with Gasteiger partial charge in [-0.1, -0.05) is 70.7 Å². The van der Waals surface area contributed by atoms with E-state index in [9.17, 15) is 28.7 Å². The maximum Gasteiger partial charge on any atom is 0.407 e. The molecule has 0 saturated heterocycles. The predicted octanol–water partition coefficient (Wildman–Crippen LogP) is 6.83. The van der Waals surface area contributed by atoms with Gasteiger partial charge in [0.1, 0.15) is 23.7 Å². The number of rotatable bonds is 15. The summed E-state index contributed by atoms with van der Waals surface area (Å²) in [5, 5.41) is 14.4. The van der Waals surface area contributed by atoms with Crippen LogP contribution in [-0.4, -0.2) is 71.8 Å². The van der Waals surface area contributed by atoms with Crippen molar-refractivity contribution in [1.82, 2.24) is 20.1 Å². The molecule has 272 valence electrons. The summed E-state index contributed by atoms with van der Waals surface area (Å²) in [7, 11) is -1.52. The van der Waals surface area contributed by atoms with Crippen LogP contribution in [-0.2, 0) is 25.7 Å². The van der Waals surface area contributed by atoms with Crippen LogP contribution in [0.15, 0.2) is 60.8 Å². The van der Waals surface area contributed by atoms with Gasteiger partial charge < -0.3 is 29.9 Å². The van der Waals surface area contributed by atoms with E-state index in [1.807, 2.05) is 55.7 Å². The first kappa shape index (κ1) is 39.9. The molecule has 0 aliphatic rings. The number of hydrogen-bond donors (Lipinski definition) is 3. The zero-order valence-corrected chi connectivity index (χ0v) is 31.2. The molecule has 2 aromatic carbocycles. The van der Waals surface area contributed by atoms with Gasteiger partial charge in [0.05, 0.1) is 12.6 Å². The summed E-state index contributed by atoms with van der Waals surface area (Å²) in [6.07, 6.45) is 0.837. The number of carboxylic acid groups (broad SMARTS) is 1. The van der Waals surface area contributed by atoms with Crippen LogP contribution in [0.2, 0.25) is 25.7 Å². The van der Waals surface area contributed by atoms with E-state index in [1.165, 1.54) is 13.8 Å². The van der Waals surface area contributed by atoms with Gasteiger partial charge in [-0.15, -0.1) is 0 Å². The fourth-order valence-electron chi connectivity index (χ4n) is 5.63. The van der Waals surface area contributed by atoms with E-state index >= 15 is 4.39 Å². The van der Waals surface area contributed by atoms with Crippen molar-refractivity contribution in [1.29, 1.82) is 0 Å². The molecule has 1 heterocycles. The second-order valence-electron chi connectivity index (χ2n) is 14.9. The second-order valence-corrected chi connectivity index (χ2v) is 20.5. The molecule has 3 rings (SSSR count). The summed E-state index contributed by atoms with van der Waals surface area (Å²) in [5.41, 5.74) is 1.47. The van der Waals surface area contributed by atoms with E-state index in [4.69, 9.17) is 4.74 Å². The molecule has 3 amide bonds. The molecule has 3 aromatic rings. The number of carbonyl (C=O) groups excluding carboxylic acids is 3. The number of nitrogens with one attached hydrogen (secondary N) is 2. The van der Waals surface area contributed by atoms with E-state index in [-0.39, 0.29) is 31.0 Å². The Labute approximate surface area is 294 Å². The van der Waals surface area contributed by atoms with Gasteiger partial charge in [0.15, 0.2) is 0 Å². The number of carbonyl (C=O) groups is 4. The molecule has 0 bridgehead atoms. The number of nitrogens with zero attached hydrogens (tertiary/aromatic N) is 2. The van der Waals surface area contributed by atoms with Crippen molar-refractivity contribution in [2.45, 2.75) is 91.4 Å². The smallest absolute Gasteiger partial charge is 0.407 e. The molecular weight excluding hydrogens is 663 g/mol. The number of alkyl carbamates (subject to hydrolysis) is 1. The fourth-order valence-corrected chi connectivity index (χ4v) is 6.34. The monoisotopic (exact) mass is 712 g/mol. The number of aliphatic carboxylic acids is 1. The fraction of sp³-hybridized carbons (Fsp3) is 0.459. The molecule has 10 nitrogen and oxygen atoms in total. The van der Waals surface area contributed by atoms with Crippen LogP contribution >= 0.6 is 0 Å². The minimum absolute atomic E-state index is 0.0217. The van der Waals surface area contributed by atoms with Gasteiger partial charge in [-0.3, -0.25) is 14.4 Å². The quantitative estimate of drug-likeness (QED) is 0.148. The van der Waals surface area contributed by atoms with Crippen molar-refractivity contribution < 1.29 is 37.8 Å². The molecule has 3 N–H and O–H groups in total. The molecule has 0 saturated carbocycles.